The molecule has 0 spiro atoms. The molecule has 0 fully saturated rings. The van der Waals surface area contributed by atoms with Gasteiger partial charge in [-0.3, -0.25) is 0 Å². The summed E-state index contributed by atoms with van der Waals surface area (Å²) in [4.78, 5) is 10.7. The van der Waals surface area contributed by atoms with Gasteiger partial charge in [-0.05, 0) is 0 Å². The molecule has 0 unspecified atom stereocenters. The second kappa shape index (κ2) is 7.15. The molecule has 1 rings (SSSR count). The molecule has 4 nitrogen and oxygen atoms in total. The average molecular weight is 199 g/mol. The lowest BCUT2D eigenvalue weighted by Gasteiger charge is -1.98. The van der Waals surface area contributed by atoms with E-state index >= 15 is 0 Å². The summed E-state index contributed by atoms with van der Waals surface area (Å²) < 4.78 is 9.53. The predicted octanol–water partition coefficient (Wildman–Crippen LogP) is 1.52. The minimum absolute atomic E-state index is 0.201. The second-order valence-corrected chi connectivity index (χ2v) is 2.69. The summed E-state index contributed by atoms with van der Waals surface area (Å²) in [6.07, 6.45) is 1.25. The van der Waals surface area contributed by atoms with Gasteiger partial charge in [-0.1, -0.05) is 20.3 Å². The van der Waals surface area contributed by atoms with E-state index in [1.54, 1.807) is 6.07 Å². The predicted molar refractivity (Wildman–Crippen MR) is 55.4 cm³/mol. The largest absolute Gasteiger partial charge is 0.496 e. The first-order chi connectivity index (χ1) is 6.67. The molecular formula is C10H17NO3. The first-order valence-corrected chi connectivity index (χ1v) is 4.56. The topological polar surface area (TPSA) is 65.5 Å². The fraction of sp³-hybridized carbons (Fsp3) is 0.500. The summed E-state index contributed by atoms with van der Waals surface area (Å²) in [5.74, 6) is 0.899. The van der Waals surface area contributed by atoms with E-state index in [2.05, 4.69) is 13.8 Å². The van der Waals surface area contributed by atoms with Crippen molar-refractivity contribution in [2.45, 2.75) is 26.8 Å². The Labute approximate surface area is 83.7 Å². The lowest BCUT2D eigenvalue weighted by atomic mass is 10.4. The lowest BCUT2D eigenvalue weighted by Crippen LogP contribution is -2.04. The van der Waals surface area contributed by atoms with Crippen molar-refractivity contribution in [3.8, 4) is 5.75 Å². The normalized spacial score (nSPS) is 8.86. The van der Waals surface area contributed by atoms with Gasteiger partial charge in [-0.2, -0.15) is 0 Å². The fourth-order valence-corrected chi connectivity index (χ4v) is 0.723. The Bertz CT molecular complexity index is 281. The zero-order valence-electron chi connectivity index (χ0n) is 8.87. The average Bonchev–Trinajstić information content (AvgIpc) is 2.18. The SMILES string of the molecule is CCC.COc1cc(CN)oc(=O)c1. The Kier molecular flexibility index (Phi) is 6.49. The van der Waals surface area contributed by atoms with Crippen molar-refractivity contribution in [2.75, 3.05) is 7.11 Å². The molecule has 0 aromatic carbocycles. The number of hydrogen-bond donors (Lipinski definition) is 1. The quantitative estimate of drug-likeness (QED) is 0.784. The van der Waals surface area contributed by atoms with E-state index in [1.165, 1.54) is 19.6 Å². The zero-order chi connectivity index (χ0) is 11.0. The highest BCUT2D eigenvalue weighted by Gasteiger charge is 1.98. The van der Waals surface area contributed by atoms with E-state index in [4.69, 9.17) is 14.9 Å². The van der Waals surface area contributed by atoms with Crippen LogP contribution < -0.4 is 16.1 Å². The summed E-state index contributed by atoms with van der Waals surface area (Å²) in [6.45, 7) is 4.45. The molecule has 14 heavy (non-hydrogen) atoms. The van der Waals surface area contributed by atoms with Crippen LogP contribution in [0.25, 0.3) is 0 Å². The van der Waals surface area contributed by atoms with Crippen LogP contribution in [0.5, 0.6) is 5.75 Å². The molecule has 0 atom stereocenters. The van der Waals surface area contributed by atoms with Crippen molar-refractivity contribution in [1.29, 1.82) is 0 Å². The number of rotatable bonds is 2. The maximum absolute atomic E-state index is 10.7. The second-order valence-electron chi connectivity index (χ2n) is 2.69. The van der Waals surface area contributed by atoms with Crippen molar-refractivity contribution >= 4 is 0 Å². The van der Waals surface area contributed by atoms with Crippen LogP contribution in [0, 0.1) is 0 Å². The zero-order valence-corrected chi connectivity index (χ0v) is 8.87. The summed E-state index contributed by atoms with van der Waals surface area (Å²) >= 11 is 0. The standard InChI is InChI=1S/C7H9NO3.C3H8/c1-10-5-2-6(4-8)11-7(9)3-5;1-3-2/h2-3H,4,8H2,1H3;3H2,1-2H3. The van der Waals surface area contributed by atoms with Gasteiger partial charge in [0, 0.05) is 6.07 Å². The molecule has 0 aliphatic rings. The third-order valence-corrected chi connectivity index (χ3v) is 1.23. The lowest BCUT2D eigenvalue weighted by molar-refractivity contribution is 0.392. The molecule has 1 aromatic heterocycles. The molecule has 1 aromatic rings. The summed E-state index contributed by atoms with van der Waals surface area (Å²) in [5.41, 5.74) is 4.81. The van der Waals surface area contributed by atoms with Crippen LogP contribution in [0.4, 0.5) is 0 Å². The van der Waals surface area contributed by atoms with Crippen LogP contribution in [0.3, 0.4) is 0 Å². The van der Waals surface area contributed by atoms with Crippen LogP contribution in [0.15, 0.2) is 21.3 Å². The molecule has 0 bridgehead atoms. The van der Waals surface area contributed by atoms with Crippen LogP contribution >= 0.6 is 0 Å². The molecule has 0 aliphatic carbocycles. The van der Waals surface area contributed by atoms with Gasteiger partial charge in [0.1, 0.15) is 11.5 Å². The number of methoxy groups -OCH3 is 1. The molecule has 0 aliphatic heterocycles. The van der Waals surface area contributed by atoms with Crippen molar-refractivity contribution in [3.05, 3.63) is 28.3 Å². The van der Waals surface area contributed by atoms with E-state index in [1.807, 2.05) is 0 Å². The summed E-state index contributed by atoms with van der Waals surface area (Å²) in [5, 5.41) is 0. The van der Waals surface area contributed by atoms with Gasteiger partial charge < -0.3 is 14.9 Å². The molecular weight excluding hydrogens is 182 g/mol. The van der Waals surface area contributed by atoms with Gasteiger partial charge in [0.2, 0.25) is 0 Å². The first-order valence-electron chi connectivity index (χ1n) is 4.56. The van der Waals surface area contributed by atoms with Crippen molar-refractivity contribution in [1.82, 2.24) is 0 Å². The first kappa shape index (κ1) is 12.7. The smallest absolute Gasteiger partial charge is 0.339 e. The summed E-state index contributed by atoms with van der Waals surface area (Å²) in [7, 11) is 1.48. The summed E-state index contributed by atoms with van der Waals surface area (Å²) in [6, 6.07) is 2.85. The monoisotopic (exact) mass is 199 g/mol. The molecule has 80 valence electrons. The van der Waals surface area contributed by atoms with Gasteiger partial charge in [-0.25, -0.2) is 4.79 Å². The highest BCUT2D eigenvalue weighted by molar-refractivity contribution is 5.19. The Hall–Kier alpha value is -1.29. The van der Waals surface area contributed by atoms with E-state index < -0.39 is 5.63 Å². The Morgan fingerprint density at radius 2 is 2.00 bits per heavy atom. The van der Waals surface area contributed by atoms with Crippen molar-refractivity contribution in [3.63, 3.8) is 0 Å². The van der Waals surface area contributed by atoms with E-state index in [0.29, 0.717) is 11.5 Å². The Morgan fingerprint density at radius 1 is 1.43 bits per heavy atom. The molecule has 0 radical (unpaired) electrons. The molecule has 0 saturated heterocycles. The minimum Gasteiger partial charge on any atom is -0.496 e. The van der Waals surface area contributed by atoms with Gasteiger partial charge in [-0.15, -0.1) is 0 Å². The van der Waals surface area contributed by atoms with E-state index in [0.717, 1.165) is 0 Å². The van der Waals surface area contributed by atoms with Gasteiger partial charge in [0.15, 0.2) is 0 Å². The third kappa shape index (κ3) is 4.67. The van der Waals surface area contributed by atoms with Crippen LogP contribution in [0.2, 0.25) is 0 Å². The van der Waals surface area contributed by atoms with E-state index in [-0.39, 0.29) is 6.54 Å². The maximum atomic E-state index is 10.7. The van der Waals surface area contributed by atoms with Gasteiger partial charge in [0.25, 0.3) is 0 Å². The minimum atomic E-state index is -0.440. The molecule has 4 heteroatoms. The molecule has 0 amide bonds. The highest BCUT2D eigenvalue weighted by Crippen LogP contribution is 2.07. The fourth-order valence-electron chi connectivity index (χ4n) is 0.723. The Balaban J connectivity index is 0.000000500. The van der Waals surface area contributed by atoms with Crippen molar-refractivity contribution < 1.29 is 9.15 Å². The highest BCUT2D eigenvalue weighted by atomic mass is 16.5. The molecule has 0 saturated carbocycles. The van der Waals surface area contributed by atoms with Gasteiger partial charge >= 0.3 is 5.63 Å². The molecule has 2 N–H and O–H groups in total. The van der Waals surface area contributed by atoms with Crippen LogP contribution in [-0.4, -0.2) is 7.11 Å². The van der Waals surface area contributed by atoms with E-state index in [9.17, 15) is 4.79 Å². The van der Waals surface area contributed by atoms with Crippen LogP contribution in [0.1, 0.15) is 26.0 Å². The molecule has 1 heterocycles. The number of hydrogen-bond acceptors (Lipinski definition) is 4. The number of nitrogens with two attached hydrogens (primary N) is 1. The number of ether oxygens (including phenoxy) is 1. The van der Waals surface area contributed by atoms with Crippen LogP contribution in [-0.2, 0) is 6.54 Å². The van der Waals surface area contributed by atoms with Crippen molar-refractivity contribution in [2.24, 2.45) is 5.73 Å². The third-order valence-electron chi connectivity index (χ3n) is 1.23. The maximum Gasteiger partial charge on any atom is 0.339 e. The Morgan fingerprint density at radius 3 is 2.43 bits per heavy atom. The van der Waals surface area contributed by atoms with Gasteiger partial charge in [0.05, 0.1) is 19.7 Å².